The number of hydrogen-bond donors (Lipinski definition) is 2. The maximum absolute atomic E-state index is 9.13. The first-order valence-electron chi connectivity index (χ1n) is 2.97. The van der Waals surface area contributed by atoms with Gasteiger partial charge in [-0.1, -0.05) is 0 Å². The van der Waals surface area contributed by atoms with Crippen LogP contribution in [0.4, 0.5) is 0 Å². The molecule has 0 fully saturated rings. The number of hydrogen-bond acceptors (Lipinski definition) is 3. The molecule has 0 atom stereocenters. The molecule has 0 spiro atoms. The number of benzene rings is 1. The van der Waals surface area contributed by atoms with E-state index in [0.717, 1.165) is 0 Å². The average Bonchev–Trinajstić information content (AvgIpc) is 2.06. The predicted molar refractivity (Wildman–Crippen MR) is 45.8 cm³/mol. The van der Waals surface area contributed by atoms with Crippen LogP contribution in [0.1, 0.15) is 0 Å². The van der Waals surface area contributed by atoms with Crippen LogP contribution < -0.4 is 5.30 Å². The van der Waals surface area contributed by atoms with E-state index in [1.165, 1.54) is 0 Å². The summed E-state index contributed by atoms with van der Waals surface area (Å²) in [6.45, 7) is 0. The summed E-state index contributed by atoms with van der Waals surface area (Å²) in [7, 11) is -3.79. The molecule has 0 saturated carbocycles. The van der Waals surface area contributed by atoms with Crippen LogP contribution in [-0.2, 0) is 4.08 Å². The van der Waals surface area contributed by atoms with Crippen molar-refractivity contribution >= 4 is 25.1 Å². The van der Waals surface area contributed by atoms with Crippen molar-refractivity contribution < 1.29 is 13.9 Å². The zero-order chi connectivity index (χ0) is 8.32. The quantitative estimate of drug-likeness (QED) is 0.690. The van der Waals surface area contributed by atoms with E-state index < -0.39 is 7.94 Å². The van der Waals surface area contributed by atoms with Crippen LogP contribution in [0.3, 0.4) is 0 Å². The molecule has 0 amide bonds. The topological polar surface area (TPSA) is 49.7 Å². The molecule has 11 heavy (non-hydrogen) atoms. The zero-order valence-corrected chi connectivity index (χ0v) is 7.32. The summed E-state index contributed by atoms with van der Waals surface area (Å²) in [6, 6.07) is 8.23. The van der Waals surface area contributed by atoms with Crippen molar-refractivity contribution in [3.05, 3.63) is 30.3 Å². The summed E-state index contributed by atoms with van der Waals surface area (Å²) in [5.74, 6) is 0. The van der Waals surface area contributed by atoms with E-state index in [4.69, 9.17) is 21.7 Å². The SMILES string of the molecule is O[PH](O)(OCl)c1ccccc1. The van der Waals surface area contributed by atoms with E-state index in [-0.39, 0.29) is 0 Å². The van der Waals surface area contributed by atoms with Crippen LogP contribution in [0.15, 0.2) is 30.3 Å². The summed E-state index contributed by atoms with van der Waals surface area (Å²) in [5, 5.41) is 0.329. The van der Waals surface area contributed by atoms with Gasteiger partial charge in [0.05, 0.1) is 0 Å². The van der Waals surface area contributed by atoms with Gasteiger partial charge < -0.3 is 0 Å². The van der Waals surface area contributed by atoms with E-state index >= 15 is 0 Å². The summed E-state index contributed by atoms with van der Waals surface area (Å²) in [6.07, 6.45) is 0. The van der Waals surface area contributed by atoms with Crippen molar-refractivity contribution in [2.45, 2.75) is 0 Å². The Balaban J connectivity index is 2.93. The van der Waals surface area contributed by atoms with Crippen LogP contribution in [0.5, 0.6) is 0 Å². The summed E-state index contributed by atoms with van der Waals surface area (Å²) in [5.41, 5.74) is 0. The van der Waals surface area contributed by atoms with E-state index in [1.54, 1.807) is 30.3 Å². The molecule has 5 heteroatoms. The first-order chi connectivity index (χ1) is 5.17. The molecule has 3 nitrogen and oxygen atoms in total. The molecule has 0 aliphatic rings. The fourth-order valence-corrected chi connectivity index (χ4v) is 1.68. The second-order valence-corrected chi connectivity index (χ2v) is 4.46. The van der Waals surface area contributed by atoms with Gasteiger partial charge in [0.1, 0.15) is 0 Å². The van der Waals surface area contributed by atoms with Crippen LogP contribution >= 0.6 is 19.8 Å². The second-order valence-electron chi connectivity index (χ2n) is 2.05. The van der Waals surface area contributed by atoms with Gasteiger partial charge in [0.2, 0.25) is 0 Å². The molecular formula is C6H8ClO3P. The third kappa shape index (κ3) is 2.12. The third-order valence-electron chi connectivity index (χ3n) is 1.26. The molecule has 0 aliphatic carbocycles. The van der Waals surface area contributed by atoms with Crippen molar-refractivity contribution in [3.8, 4) is 0 Å². The summed E-state index contributed by atoms with van der Waals surface area (Å²) in [4.78, 5) is 18.3. The first-order valence-corrected chi connectivity index (χ1v) is 5.08. The fourth-order valence-electron chi connectivity index (χ4n) is 0.700. The van der Waals surface area contributed by atoms with Crippen molar-refractivity contribution in [1.29, 1.82) is 0 Å². The molecule has 0 radical (unpaired) electrons. The number of rotatable bonds is 2. The summed E-state index contributed by atoms with van der Waals surface area (Å²) < 4.78 is 4.05. The Hall–Kier alpha value is -0.180. The Morgan fingerprint density at radius 3 is 2.18 bits per heavy atom. The molecule has 2 N–H and O–H groups in total. The van der Waals surface area contributed by atoms with Gasteiger partial charge in [0.15, 0.2) is 0 Å². The molecule has 0 saturated heterocycles. The van der Waals surface area contributed by atoms with E-state index in [0.29, 0.717) is 5.30 Å². The Kier molecular flexibility index (Phi) is 2.82. The van der Waals surface area contributed by atoms with Crippen molar-refractivity contribution in [2.24, 2.45) is 0 Å². The van der Waals surface area contributed by atoms with Crippen LogP contribution in [-0.4, -0.2) is 9.79 Å². The van der Waals surface area contributed by atoms with E-state index in [1.807, 2.05) is 0 Å². The van der Waals surface area contributed by atoms with Crippen LogP contribution in [0, 0.1) is 0 Å². The Morgan fingerprint density at radius 2 is 1.73 bits per heavy atom. The van der Waals surface area contributed by atoms with Gasteiger partial charge in [-0.15, -0.1) is 0 Å². The van der Waals surface area contributed by atoms with Crippen molar-refractivity contribution in [3.63, 3.8) is 0 Å². The van der Waals surface area contributed by atoms with Gasteiger partial charge in [-0.05, 0) is 0 Å². The summed E-state index contributed by atoms with van der Waals surface area (Å²) >= 11 is 4.89. The Morgan fingerprint density at radius 1 is 1.18 bits per heavy atom. The van der Waals surface area contributed by atoms with Gasteiger partial charge >= 0.3 is 69.3 Å². The molecule has 1 aromatic rings. The molecule has 1 rings (SSSR count). The van der Waals surface area contributed by atoms with Gasteiger partial charge in [-0.2, -0.15) is 0 Å². The Bertz CT molecular complexity index is 227. The predicted octanol–water partition coefficient (Wildman–Crippen LogP) is 0.962. The fraction of sp³-hybridized carbons (Fsp3) is 0. The number of halogens is 1. The van der Waals surface area contributed by atoms with Gasteiger partial charge in [0.25, 0.3) is 0 Å². The molecule has 0 aliphatic heterocycles. The van der Waals surface area contributed by atoms with Crippen molar-refractivity contribution in [2.75, 3.05) is 0 Å². The first kappa shape index (κ1) is 8.91. The van der Waals surface area contributed by atoms with Crippen LogP contribution in [0.25, 0.3) is 0 Å². The molecule has 62 valence electrons. The molecule has 0 unspecified atom stereocenters. The second kappa shape index (κ2) is 3.48. The normalized spacial score (nSPS) is 13.0. The van der Waals surface area contributed by atoms with Crippen molar-refractivity contribution in [1.82, 2.24) is 0 Å². The molecular weight excluding hydrogens is 186 g/mol. The standard InChI is InChI=1S/C6H8ClO3P/c7-10-11(8,9)6-4-2-1-3-5-6/h1-5,8-9,11H. The zero-order valence-electron chi connectivity index (χ0n) is 5.57. The van der Waals surface area contributed by atoms with Crippen LogP contribution in [0.2, 0.25) is 0 Å². The minimum atomic E-state index is -3.79. The van der Waals surface area contributed by atoms with E-state index in [9.17, 15) is 0 Å². The molecule has 1 aromatic carbocycles. The molecule has 0 heterocycles. The average molecular weight is 195 g/mol. The van der Waals surface area contributed by atoms with Gasteiger partial charge in [-0.25, -0.2) is 0 Å². The molecule has 0 bridgehead atoms. The third-order valence-corrected chi connectivity index (χ3v) is 3.20. The van der Waals surface area contributed by atoms with Gasteiger partial charge in [-0.3, -0.25) is 0 Å². The maximum atomic E-state index is 9.13. The van der Waals surface area contributed by atoms with E-state index in [2.05, 4.69) is 4.08 Å². The monoisotopic (exact) mass is 194 g/mol. The Labute approximate surface area is 70.0 Å². The minimum absolute atomic E-state index is 0.329. The van der Waals surface area contributed by atoms with Gasteiger partial charge in [0, 0.05) is 0 Å². The molecule has 0 aromatic heterocycles.